The number of hydrogen-bond donors (Lipinski definition) is 7. The molecule has 10 atom stereocenters. The first kappa shape index (κ1) is 22.9. The van der Waals surface area contributed by atoms with Crippen molar-refractivity contribution in [1.82, 2.24) is 5.32 Å². The van der Waals surface area contributed by atoms with Crippen molar-refractivity contribution in [2.75, 3.05) is 13.7 Å². The molecule has 2 rings (SSSR count). The molecular formula is C15H25NO12. The minimum absolute atomic E-state index is 0.519. The number of carboxylic acids is 1. The van der Waals surface area contributed by atoms with E-state index in [1.807, 2.05) is 0 Å². The number of carboxylic acid groups (broad SMARTS) is 1. The van der Waals surface area contributed by atoms with Gasteiger partial charge in [-0.25, -0.2) is 4.79 Å². The van der Waals surface area contributed by atoms with Crippen LogP contribution in [0.4, 0.5) is 0 Å². The van der Waals surface area contributed by atoms with Gasteiger partial charge >= 0.3 is 5.97 Å². The minimum atomic E-state index is -1.92. The number of amides is 1. The number of aliphatic hydroxyl groups excluding tert-OH is 5. The molecule has 1 amide bonds. The maximum absolute atomic E-state index is 11.4. The Balaban J connectivity index is 2.23. The number of methoxy groups -OCH3 is 1. The van der Waals surface area contributed by atoms with Crippen molar-refractivity contribution in [3.8, 4) is 0 Å². The second kappa shape index (κ2) is 9.39. The van der Waals surface area contributed by atoms with Gasteiger partial charge in [0.25, 0.3) is 0 Å². The van der Waals surface area contributed by atoms with Gasteiger partial charge < -0.3 is 54.9 Å². The molecule has 0 spiro atoms. The van der Waals surface area contributed by atoms with Crippen LogP contribution in [0.5, 0.6) is 0 Å². The summed E-state index contributed by atoms with van der Waals surface area (Å²) < 4.78 is 20.9. The van der Waals surface area contributed by atoms with Gasteiger partial charge in [0.2, 0.25) is 5.91 Å². The Morgan fingerprint density at radius 3 is 2.14 bits per heavy atom. The summed E-state index contributed by atoms with van der Waals surface area (Å²) in [6, 6.07) is -1.12. The van der Waals surface area contributed by atoms with Crippen LogP contribution in [-0.4, -0.2) is 118 Å². The van der Waals surface area contributed by atoms with E-state index in [2.05, 4.69) is 5.32 Å². The molecular weight excluding hydrogens is 386 g/mol. The SMILES string of the molecule is CO[C@H]1O[C@H](CO)[C@@H](O[C@@H]2O[C@H](C(=O)O)[C@@H](O)[C@H](O)[C@H]2O)[C@H](O)[C@H]1NC(C)=O. The van der Waals surface area contributed by atoms with E-state index in [4.69, 9.17) is 24.1 Å². The standard InChI is InChI=1S/C15H25NO12/c1-4(18)16-6-7(19)11(5(3-17)26-14(6)25-2)27-15-10(22)8(20)9(21)12(28-15)13(23)24/h5-12,14-15,17,19-22H,3H2,1-2H3,(H,16,18)(H,23,24)/t5-,6-,7-,8+,9+,10-,11-,12+,14+,15-/m1/s1. The van der Waals surface area contributed by atoms with Crippen LogP contribution in [0.1, 0.15) is 6.92 Å². The second-order valence-corrected chi connectivity index (χ2v) is 6.51. The number of nitrogens with one attached hydrogen (secondary N) is 1. The number of rotatable bonds is 6. The molecule has 13 heteroatoms. The third-order valence-corrected chi connectivity index (χ3v) is 4.56. The van der Waals surface area contributed by atoms with E-state index < -0.39 is 79.8 Å². The number of carbonyl (C=O) groups excluding carboxylic acids is 1. The van der Waals surface area contributed by atoms with Crippen molar-refractivity contribution >= 4 is 11.9 Å². The third kappa shape index (κ3) is 4.59. The molecule has 0 saturated carbocycles. The minimum Gasteiger partial charge on any atom is -0.479 e. The molecule has 2 saturated heterocycles. The van der Waals surface area contributed by atoms with Gasteiger partial charge in [0.15, 0.2) is 18.7 Å². The Kier molecular flexibility index (Phi) is 7.66. The highest BCUT2D eigenvalue weighted by Crippen LogP contribution is 2.29. The largest absolute Gasteiger partial charge is 0.479 e. The van der Waals surface area contributed by atoms with Crippen LogP contribution >= 0.6 is 0 Å². The van der Waals surface area contributed by atoms with Crippen molar-refractivity contribution in [2.24, 2.45) is 0 Å². The zero-order valence-electron chi connectivity index (χ0n) is 15.1. The van der Waals surface area contributed by atoms with Gasteiger partial charge in [0, 0.05) is 14.0 Å². The summed E-state index contributed by atoms with van der Waals surface area (Å²) in [6.07, 6.45) is -14.7. The Bertz CT molecular complexity index is 561. The van der Waals surface area contributed by atoms with Crippen LogP contribution in [0.3, 0.4) is 0 Å². The molecule has 162 valence electrons. The van der Waals surface area contributed by atoms with E-state index in [0.29, 0.717) is 0 Å². The van der Waals surface area contributed by atoms with Crippen LogP contribution in [0.15, 0.2) is 0 Å². The summed E-state index contributed by atoms with van der Waals surface area (Å²) in [4.78, 5) is 22.6. The van der Waals surface area contributed by atoms with Gasteiger partial charge in [0.05, 0.1) is 6.61 Å². The smallest absolute Gasteiger partial charge is 0.335 e. The van der Waals surface area contributed by atoms with Gasteiger partial charge in [-0.1, -0.05) is 0 Å². The number of aliphatic carboxylic acids is 1. The second-order valence-electron chi connectivity index (χ2n) is 6.51. The highest BCUT2D eigenvalue weighted by atomic mass is 16.7. The third-order valence-electron chi connectivity index (χ3n) is 4.56. The summed E-state index contributed by atoms with van der Waals surface area (Å²) in [5.41, 5.74) is 0. The quantitative estimate of drug-likeness (QED) is 0.221. The van der Waals surface area contributed by atoms with Gasteiger partial charge in [-0.05, 0) is 0 Å². The molecule has 28 heavy (non-hydrogen) atoms. The lowest BCUT2D eigenvalue weighted by Gasteiger charge is -2.46. The lowest BCUT2D eigenvalue weighted by molar-refractivity contribution is -0.342. The van der Waals surface area contributed by atoms with Gasteiger partial charge in [-0.3, -0.25) is 4.79 Å². The topological polar surface area (TPSA) is 204 Å². The summed E-state index contributed by atoms with van der Waals surface area (Å²) in [7, 11) is 1.25. The predicted molar refractivity (Wildman–Crippen MR) is 85.6 cm³/mol. The molecule has 0 unspecified atom stereocenters. The average Bonchev–Trinajstić information content (AvgIpc) is 2.64. The molecule has 2 aliphatic rings. The van der Waals surface area contributed by atoms with E-state index in [9.17, 15) is 35.1 Å². The van der Waals surface area contributed by atoms with E-state index in [1.165, 1.54) is 14.0 Å². The van der Waals surface area contributed by atoms with Crippen molar-refractivity contribution in [2.45, 2.75) is 68.3 Å². The number of hydrogen-bond acceptors (Lipinski definition) is 11. The van der Waals surface area contributed by atoms with Crippen molar-refractivity contribution < 1.29 is 59.2 Å². The molecule has 2 fully saturated rings. The zero-order valence-corrected chi connectivity index (χ0v) is 15.1. The van der Waals surface area contributed by atoms with E-state index in [-0.39, 0.29) is 0 Å². The fourth-order valence-electron chi connectivity index (χ4n) is 3.14. The molecule has 2 aliphatic heterocycles. The van der Waals surface area contributed by atoms with Crippen molar-refractivity contribution in [3.05, 3.63) is 0 Å². The maximum Gasteiger partial charge on any atom is 0.335 e. The fourth-order valence-corrected chi connectivity index (χ4v) is 3.14. The first-order chi connectivity index (χ1) is 13.1. The van der Waals surface area contributed by atoms with Gasteiger partial charge in [-0.15, -0.1) is 0 Å². The van der Waals surface area contributed by atoms with Crippen LogP contribution in [0.25, 0.3) is 0 Å². The fraction of sp³-hybridized carbons (Fsp3) is 0.867. The number of ether oxygens (including phenoxy) is 4. The lowest BCUT2D eigenvalue weighted by atomic mass is 9.95. The molecule has 2 heterocycles. The summed E-state index contributed by atoms with van der Waals surface area (Å²) >= 11 is 0. The number of carbonyl (C=O) groups is 2. The predicted octanol–water partition coefficient (Wildman–Crippen LogP) is -4.51. The monoisotopic (exact) mass is 411 g/mol. The van der Waals surface area contributed by atoms with E-state index in [0.717, 1.165) is 0 Å². The normalized spacial score (nSPS) is 44.1. The van der Waals surface area contributed by atoms with Gasteiger partial charge in [0.1, 0.15) is 42.7 Å². The molecule has 13 nitrogen and oxygen atoms in total. The Labute approximate surface area is 159 Å². The highest BCUT2D eigenvalue weighted by Gasteiger charge is 2.52. The van der Waals surface area contributed by atoms with E-state index in [1.54, 1.807) is 0 Å². The molecule has 0 aromatic heterocycles. The summed E-state index contributed by atoms with van der Waals surface area (Å²) in [6.45, 7) is 0.529. The van der Waals surface area contributed by atoms with Crippen LogP contribution in [0.2, 0.25) is 0 Å². The summed E-state index contributed by atoms with van der Waals surface area (Å²) in [5, 5.41) is 61.3. The molecule has 0 aromatic carbocycles. The molecule has 0 bridgehead atoms. The van der Waals surface area contributed by atoms with Crippen LogP contribution in [0, 0.1) is 0 Å². The highest BCUT2D eigenvalue weighted by molar-refractivity contribution is 5.73. The molecule has 0 aromatic rings. The van der Waals surface area contributed by atoms with Crippen LogP contribution < -0.4 is 5.32 Å². The molecule has 0 aliphatic carbocycles. The maximum atomic E-state index is 11.4. The summed E-state index contributed by atoms with van der Waals surface area (Å²) in [5.74, 6) is -2.13. The van der Waals surface area contributed by atoms with Gasteiger partial charge in [-0.2, -0.15) is 0 Å². The lowest BCUT2D eigenvalue weighted by Crippen LogP contribution is -2.67. The van der Waals surface area contributed by atoms with Crippen molar-refractivity contribution in [1.29, 1.82) is 0 Å². The zero-order chi connectivity index (χ0) is 21.2. The molecule has 0 radical (unpaired) electrons. The Hall–Kier alpha value is -1.42. The van der Waals surface area contributed by atoms with Crippen LogP contribution in [-0.2, 0) is 28.5 Å². The van der Waals surface area contributed by atoms with E-state index >= 15 is 0 Å². The first-order valence-corrected chi connectivity index (χ1v) is 8.44. The number of aliphatic hydroxyl groups is 5. The Morgan fingerprint density at radius 2 is 1.64 bits per heavy atom. The molecule has 7 N–H and O–H groups in total. The Morgan fingerprint density at radius 1 is 1.00 bits per heavy atom. The average molecular weight is 411 g/mol. The first-order valence-electron chi connectivity index (χ1n) is 8.44. The van der Waals surface area contributed by atoms with Crippen molar-refractivity contribution in [3.63, 3.8) is 0 Å².